The molecule has 1 aliphatic rings. The number of nitrogens with zero attached hydrogens (tertiary/aromatic N) is 1. The van der Waals surface area contributed by atoms with Gasteiger partial charge in [0.1, 0.15) is 12.5 Å². The predicted octanol–water partition coefficient (Wildman–Crippen LogP) is 5.66. The Bertz CT molecular complexity index is 1290. The number of halogens is 10. The van der Waals surface area contributed by atoms with Crippen molar-refractivity contribution >= 4 is 45.6 Å². The Morgan fingerprint density at radius 3 is 1.98 bits per heavy atom. The lowest BCUT2D eigenvalue weighted by Gasteiger charge is -2.30. The van der Waals surface area contributed by atoms with Crippen LogP contribution >= 0.6 is 11.6 Å². The van der Waals surface area contributed by atoms with E-state index >= 15 is 0 Å². The highest BCUT2D eigenvalue weighted by Gasteiger charge is 2.63. The fourth-order valence-corrected chi connectivity index (χ4v) is 6.42. The third-order valence-electron chi connectivity index (χ3n) is 5.90. The normalized spacial score (nSPS) is 20.2. The SMILES string of the molecule is C[S+]([O-])C(C(=O)NCc1ccc(C2=NOC(c3cc(C(F)(F)F)cc(C(F)(F)F)c3)(C(F)(F)F)C2)cc1Cl)[S+](C)[O-]. The van der Waals surface area contributed by atoms with Crippen molar-refractivity contribution in [3.8, 4) is 0 Å². The first-order valence-corrected chi connectivity index (χ1v) is 14.6. The van der Waals surface area contributed by atoms with Crippen LogP contribution in [0.1, 0.15) is 34.2 Å². The molecular formula is C23H18ClF9N2O4S2. The summed E-state index contributed by atoms with van der Waals surface area (Å²) in [7, 11) is 0. The van der Waals surface area contributed by atoms with Crippen molar-refractivity contribution in [2.24, 2.45) is 5.16 Å². The van der Waals surface area contributed by atoms with Gasteiger partial charge in [-0.1, -0.05) is 28.9 Å². The van der Waals surface area contributed by atoms with E-state index in [1.165, 1.54) is 24.6 Å². The summed E-state index contributed by atoms with van der Waals surface area (Å²) in [6.45, 7) is -0.261. The van der Waals surface area contributed by atoms with Gasteiger partial charge in [0.25, 0.3) is 5.60 Å². The number of carbonyl (C=O) groups is 1. The second-order valence-corrected chi connectivity index (χ2v) is 12.4. The molecule has 1 amide bonds. The molecule has 1 N–H and O–H groups in total. The zero-order valence-electron chi connectivity index (χ0n) is 20.6. The number of amides is 1. The molecule has 2 aromatic rings. The largest absolute Gasteiger partial charge is 0.612 e. The minimum Gasteiger partial charge on any atom is -0.612 e. The van der Waals surface area contributed by atoms with Gasteiger partial charge in [0.2, 0.25) is 0 Å². The van der Waals surface area contributed by atoms with Crippen molar-refractivity contribution in [1.82, 2.24) is 5.32 Å². The fourth-order valence-electron chi connectivity index (χ4n) is 3.87. The first-order valence-electron chi connectivity index (χ1n) is 11.0. The van der Waals surface area contributed by atoms with Crippen molar-refractivity contribution in [2.45, 2.75) is 41.7 Å². The molecule has 0 radical (unpaired) electrons. The van der Waals surface area contributed by atoms with Gasteiger partial charge < -0.3 is 19.3 Å². The summed E-state index contributed by atoms with van der Waals surface area (Å²) in [5, 5.41) is 5.60. The zero-order chi connectivity index (χ0) is 31.1. The van der Waals surface area contributed by atoms with Gasteiger partial charge in [-0.25, -0.2) is 0 Å². The first-order chi connectivity index (χ1) is 18.7. The minimum absolute atomic E-state index is 0.0696. The molecule has 1 aliphatic heterocycles. The maximum atomic E-state index is 14.3. The first kappa shape index (κ1) is 33.2. The van der Waals surface area contributed by atoms with Crippen LogP contribution in [-0.4, -0.2) is 44.0 Å². The zero-order valence-corrected chi connectivity index (χ0v) is 23.0. The lowest BCUT2D eigenvalue weighted by Crippen LogP contribution is -2.44. The number of alkyl halides is 9. The molecule has 0 spiro atoms. The van der Waals surface area contributed by atoms with E-state index in [2.05, 4.69) is 15.3 Å². The molecular weight excluding hydrogens is 639 g/mol. The Morgan fingerprint density at radius 2 is 1.54 bits per heavy atom. The van der Waals surface area contributed by atoms with Crippen LogP contribution in [0.4, 0.5) is 39.5 Å². The van der Waals surface area contributed by atoms with E-state index in [9.17, 15) is 53.4 Å². The summed E-state index contributed by atoms with van der Waals surface area (Å²) in [5.41, 5.74) is -9.40. The molecule has 18 heteroatoms. The highest BCUT2D eigenvalue weighted by Crippen LogP contribution is 2.51. The Balaban J connectivity index is 1.93. The Kier molecular flexibility index (Phi) is 9.50. The summed E-state index contributed by atoms with van der Waals surface area (Å²) in [4.78, 5) is 16.8. The molecule has 3 atom stereocenters. The van der Waals surface area contributed by atoms with E-state index in [0.717, 1.165) is 6.07 Å². The molecule has 0 saturated carbocycles. The number of carbonyl (C=O) groups excluding carboxylic acids is 1. The van der Waals surface area contributed by atoms with E-state index in [0.29, 0.717) is 0 Å². The number of benzene rings is 2. The molecule has 3 unspecified atom stereocenters. The van der Waals surface area contributed by atoms with Crippen molar-refractivity contribution in [3.63, 3.8) is 0 Å². The Morgan fingerprint density at radius 1 is 1.00 bits per heavy atom. The molecule has 0 fully saturated rings. The maximum Gasteiger partial charge on any atom is 0.435 e. The van der Waals surface area contributed by atoms with Crippen LogP contribution in [-0.2, 0) is 56.5 Å². The van der Waals surface area contributed by atoms with Crippen molar-refractivity contribution in [2.75, 3.05) is 12.5 Å². The van der Waals surface area contributed by atoms with Crippen molar-refractivity contribution in [3.05, 3.63) is 69.2 Å². The van der Waals surface area contributed by atoms with Crippen LogP contribution in [0.15, 0.2) is 41.6 Å². The quantitative estimate of drug-likeness (QED) is 0.307. The molecule has 0 aromatic heterocycles. The molecule has 0 aliphatic carbocycles. The Labute approximate surface area is 237 Å². The molecule has 1 heterocycles. The third kappa shape index (κ3) is 7.18. The number of hydrogen-bond acceptors (Lipinski definition) is 5. The molecule has 0 bridgehead atoms. The van der Waals surface area contributed by atoms with E-state index in [1.807, 2.05) is 0 Å². The van der Waals surface area contributed by atoms with Gasteiger partial charge in [0.05, 0.1) is 16.8 Å². The third-order valence-corrected chi connectivity index (χ3v) is 9.51. The molecule has 226 valence electrons. The van der Waals surface area contributed by atoms with Crippen LogP contribution in [0.25, 0.3) is 0 Å². The van der Waals surface area contributed by atoms with Gasteiger partial charge in [0.15, 0.2) is 0 Å². The molecule has 41 heavy (non-hydrogen) atoms. The fraction of sp³-hybridized carbons (Fsp3) is 0.391. The molecule has 2 aromatic carbocycles. The van der Waals surface area contributed by atoms with Crippen LogP contribution in [0.5, 0.6) is 0 Å². The lowest BCUT2D eigenvalue weighted by molar-refractivity contribution is -0.276. The van der Waals surface area contributed by atoms with Gasteiger partial charge in [-0.05, 0) is 29.8 Å². The second kappa shape index (κ2) is 11.7. The lowest BCUT2D eigenvalue weighted by atomic mass is 9.84. The van der Waals surface area contributed by atoms with Gasteiger partial charge in [-0.15, -0.1) is 0 Å². The highest BCUT2D eigenvalue weighted by atomic mass is 35.5. The predicted molar refractivity (Wildman–Crippen MR) is 132 cm³/mol. The van der Waals surface area contributed by atoms with Gasteiger partial charge >= 0.3 is 29.0 Å². The molecule has 0 saturated heterocycles. The molecule has 3 rings (SSSR count). The number of rotatable bonds is 7. The van der Waals surface area contributed by atoms with Crippen molar-refractivity contribution < 1.29 is 58.3 Å². The van der Waals surface area contributed by atoms with E-state index < -0.39 is 85.8 Å². The van der Waals surface area contributed by atoms with E-state index in [-0.39, 0.29) is 40.9 Å². The monoisotopic (exact) mass is 656 g/mol. The number of nitrogens with one attached hydrogen (secondary N) is 1. The summed E-state index contributed by atoms with van der Waals surface area (Å²) >= 11 is 2.64. The number of hydrogen-bond donors (Lipinski definition) is 1. The van der Waals surface area contributed by atoms with Crippen LogP contribution < -0.4 is 5.32 Å². The summed E-state index contributed by atoms with van der Waals surface area (Å²) < 4.78 is 145. The maximum absolute atomic E-state index is 14.3. The average molecular weight is 657 g/mol. The highest BCUT2D eigenvalue weighted by molar-refractivity contribution is 8.09. The topological polar surface area (TPSA) is 96.8 Å². The van der Waals surface area contributed by atoms with E-state index in [1.54, 1.807) is 0 Å². The second-order valence-electron chi connectivity index (χ2n) is 8.78. The van der Waals surface area contributed by atoms with Gasteiger partial charge in [-0.3, -0.25) is 4.79 Å². The van der Waals surface area contributed by atoms with Crippen LogP contribution in [0.3, 0.4) is 0 Å². The Hall–Kier alpha value is -2.34. The number of oxime groups is 1. The summed E-state index contributed by atoms with van der Waals surface area (Å²) in [5.74, 6) is -0.811. The standard InChI is InChI=1S/C23H18ClF9N2O4S2/c1-40(37)19(41(2)38)18(36)34-10-12-4-3-11(5-16(12)24)17-9-20(39-35-17,23(31,32)33)13-6-14(21(25,26)27)8-15(7-13)22(28,29)30/h3-8,19H,9-10H2,1-2H3,(H,34,36). The smallest absolute Gasteiger partial charge is 0.435 e. The van der Waals surface area contributed by atoms with E-state index in [4.69, 9.17) is 11.6 Å². The summed E-state index contributed by atoms with van der Waals surface area (Å²) in [6, 6.07) is 3.13. The minimum atomic E-state index is -5.51. The van der Waals surface area contributed by atoms with Gasteiger partial charge in [0, 0.05) is 51.5 Å². The van der Waals surface area contributed by atoms with Crippen molar-refractivity contribution in [1.29, 1.82) is 0 Å². The average Bonchev–Trinajstić information content (AvgIpc) is 3.28. The van der Waals surface area contributed by atoms with Crippen LogP contribution in [0, 0.1) is 0 Å². The molecule has 6 nitrogen and oxygen atoms in total. The van der Waals surface area contributed by atoms with Gasteiger partial charge in [-0.2, -0.15) is 39.5 Å². The summed E-state index contributed by atoms with van der Waals surface area (Å²) in [6.07, 6.45) is -15.2. The van der Waals surface area contributed by atoms with Crippen LogP contribution in [0.2, 0.25) is 5.02 Å².